The number of nitrogens with one attached hydrogen (secondary N) is 1. The quantitative estimate of drug-likeness (QED) is 0.389. The number of hydrogen-bond donors (Lipinski definition) is 2. The highest BCUT2D eigenvalue weighted by molar-refractivity contribution is 7.93. The molecule has 1 aromatic heterocycles. The van der Waals surface area contributed by atoms with Crippen molar-refractivity contribution < 1.29 is 31.5 Å². The van der Waals surface area contributed by atoms with E-state index in [4.69, 9.17) is 11.6 Å². The average Bonchev–Trinajstić information content (AvgIpc) is 3.31. The number of alkyl halides is 1. The van der Waals surface area contributed by atoms with Gasteiger partial charge in [-0.05, 0) is 30.2 Å². The van der Waals surface area contributed by atoms with Crippen LogP contribution in [0.3, 0.4) is 0 Å². The fourth-order valence-corrected chi connectivity index (χ4v) is 5.88. The summed E-state index contributed by atoms with van der Waals surface area (Å²) in [6, 6.07) is 6.16. The number of likely N-dealkylation sites (tertiary alicyclic amines) is 1. The van der Waals surface area contributed by atoms with E-state index >= 15 is 0 Å². The van der Waals surface area contributed by atoms with Crippen LogP contribution in [0.1, 0.15) is 11.1 Å². The van der Waals surface area contributed by atoms with Crippen LogP contribution in [-0.4, -0.2) is 55.3 Å². The zero-order chi connectivity index (χ0) is 26.0. The predicted molar refractivity (Wildman–Crippen MR) is 130 cm³/mol. The van der Waals surface area contributed by atoms with Gasteiger partial charge in [0.2, 0.25) is 0 Å². The molecule has 4 rings (SSSR count). The zero-order valence-corrected chi connectivity index (χ0v) is 20.9. The smallest absolute Gasteiger partial charge is 0.427 e. The third-order valence-electron chi connectivity index (χ3n) is 5.55. The minimum Gasteiger partial charge on any atom is -0.464 e. The monoisotopic (exact) mass is 560 g/mol. The molecule has 1 fully saturated rings. The van der Waals surface area contributed by atoms with Crippen molar-refractivity contribution in [3.8, 4) is 0 Å². The molecule has 0 aliphatic carbocycles. The molecule has 2 N–H and O–H groups in total. The molecule has 2 heterocycles. The Labute approximate surface area is 214 Å². The summed E-state index contributed by atoms with van der Waals surface area (Å²) < 4.78 is 67.9. The maximum absolute atomic E-state index is 14.9. The standard InChI is InChI=1S/C22H20ClF3N4O4S2/c23-16-6-20(36(33,34)30(22(31)32)21-11-35-12-28-21)18(26)7-19(16)27-8-14-5-13(1-2-17(14)25)3-4-29-9-15(24)10-29/h1-2,5-7,11-12,15,27H,3-4,8-10H2,(H,31,32). The number of thiazole rings is 1. The van der Waals surface area contributed by atoms with E-state index < -0.39 is 44.6 Å². The number of nitrogens with zero attached hydrogens (tertiary/aromatic N) is 3. The van der Waals surface area contributed by atoms with Crippen molar-refractivity contribution >= 4 is 50.6 Å². The van der Waals surface area contributed by atoms with E-state index in [1.54, 1.807) is 12.1 Å². The highest BCUT2D eigenvalue weighted by atomic mass is 35.5. The Bertz CT molecular complexity index is 1370. The van der Waals surface area contributed by atoms with Crippen LogP contribution in [0.25, 0.3) is 0 Å². The van der Waals surface area contributed by atoms with Crippen LogP contribution >= 0.6 is 22.9 Å². The van der Waals surface area contributed by atoms with Gasteiger partial charge in [0.15, 0.2) is 5.82 Å². The molecule has 192 valence electrons. The Morgan fingerprint density at radius 1 is 1.25 bits per heavy atom. The van der Waals surface area contributed by atoms with Gasteiger partial charge in [-0.1, -0.05) is 23.7 Å². The lowest BCUT2D eigenvalue weighted by Crippen LogP contribution is -2.48. The van der Waals surface area contributed by atoms with Crippen molar-refractivity contribution in [1.29, 1.82) is 0 Å². The number of halogens is 4. The van der Waals surface area contributed by atoms with Crippen molar-refractivity contribution in [3.05, 3.63) is 69.0 Å². The van der Waals surface area contributed by atoms with Gasteiger partial charge in [-0.2, -0.15) is 0 Å². The Hall–Kier alpha value is -2.87. The van der Waals surface area contributed by atoms with Gasteiger partial charge < -0.3 is 10.4 Å². The van der Waals surface area contributed by atoms with Gasteiger partial charge in [0.1, 0.15) is 22.7 Å². The number of carbonyl (C=O) groups is 1. The molecule has 0 bridgehead atoms. The van der Waals surface area contributed by atoms with E-state index in [-0.39, 0.29) is 27.1 Å². The van der Waals surface area contributed by atoms with Crippen LogP contribution in [-0.2, 0) is 23.0 Å². The van der Waals surface area contributed by atoms with Gasteiger partial charge in [0, 0.05) is 37.1 Å². The third kappa shape index (κ3) is 5.59. The average molecular weight is 561 g/mol. The summed E-state index contributed by atoms with van der Waals surface area (Å²) in [5, 5.41) is 13.2. The number of amides is 1. The Balaban J connectivity index is 1.50. The molecule has 1 amide bonds. The fourth-order valence-electron chi connectivity index (χ4n) is 3.68. The molecule has 1 saturated heterocycles. The molecule has 1 aliphatic heterocycles. The number of anilines is 2. The SMILES string of the molecule is O=C(O)N(c1cscn1)S(=O)(=O)c1cc(Cl)c(NCc2cc(CCN3CC(F)C3)ccc2F)cc1F. The molecule has 36 heavy (non-hydrogen) atoms. The number of benzene rings is 2. The van der Waals surface area contributed by atoms with Crippen LogP contribution in [0, 0.1) is 11.6 Å². The summed E-state index contributed by atoms with van der Waals surface area (Å²) >= 11 is 7.13. The van der Waals surface area contributed by atoms with Crippen LogP contribution in [0.5, 0.6) is 0 Å². The molecule has 1 aliphatic rings. The van der Waals surface area contributed by atoms with Crippen LogP contribution in [0.4, 0.5) is 29.5 Å². The Morgan fingerprint density at radius 2 is 2.00 bits per heavy atom. The molecule has 0 spiro atoms. The normalized spacial score (nSPS) is 14.4. The first-order chi connectivity index (χ1) is 17.1. The van der Waals surface area contributed by atoms with E-state index in [0.717, 1.165) is 29.0 Å². The zero-order valence-electron chi connectivity index (χ0n) is 18.5. The van der Waals surface area contributed by atoms with E-state index in [1.165, 1.54) is 17.0 Å². The summed E-state index contributed by atoms with van der Waals surface area (Å²) in [6.07, 6.45) is -2.07. The Kier molecular flexibility index (Phi) is 7.73. The minimum absolute atomic E-state index is 0.0111. The molecule has 0 saturated carbocycles. The van der Waals surface area contributed by atoms with Crippen molar-refractivity contribution in [2.75, 3.05) is 29.3 Å². The molecule has 8 nitrogen and oxygen atoms in total. The summed E-state index contributed by atoms with van der Waals surface area (Å²) in [7, 11) is -4.88. The van der Waals surface area contributed by atoms with E-state index in [0.29, 0.717) is 26.1 Å². The van der Waals surface area contributed by atoms with Crippen molar-refractivity contribution in [3.63, 3.8) is 0 Å². The maximum atomic E-state index is 14.9. The van der Waals surface area contributed by atoms with Gasteiger partial charge in [-0.15, -0.1) is 15.6 Å². The first-order valence-corrected chi connectivity index (χ1v) is 13.4. The minimum atomic E-state index is -4.88. The largest absolute Gasteiger partial charge is 0.464 e. The Morgan fingerprint density at radius 3 is 2.64 bits per heavy atom. The lowest BCUT2D eigenvalue weighted by molar-refractivity contribution is 0.0670. The second-order valence-electron chi connectivity index (χ2n) is 8.05. The van der Waals surface area contributed by atoms with Crippen molar-refractivity contribution in [1.82, 2.24) is 9.88 Å². The highest BCUT2D eigenvalue weighted by Crippen LogP contribution is 2.32. The fraction of sp³-hybridized carbons (Fsp3) is 0.273. The molecular formula is C22H20ClF3N4O4S2. The van der Waals surface area contributed by atoms with Crippen molar-refractivity contribution in [2.45, 2.75) is 24.0 Å². The topological polar surface area (TPSA) is 103 Å². The molecule has 0 atom stereocenters. The van der Waals surface area contributed by atoms with E-state index in [2.05, 4.69) is 10.3 Å². The molecule has 0 radical (unpaired) electrons. The van der Waals surface area contributed by atoms with Gasteiger partial charge in [-0.25, -0.2) is 31.4 Å². The molecular weight excluding hydrogens is 541 g/mol. The van der Waals surface area contributed by atoms with E-state index in [1.807, 2.05) is 4.90 Å². The van der Waals surface area contributed by atoms with Gasteiger partial charge in [0.25, 0.3) is 10.0 Å². The molecule has 2 aromatic carbocycles. The number of sulfonamides is 1. The van der Waals surface area contributed by atoms with E-state index in [9.17, 15) is 31.5 Å². The van der Waals surface area contributed by atoms with Gasteiger partial charge in [0.05, 0.1) is 16.2 Å². The molecule has 14 heteroatoms. The lowest BCUT2D eigenvalue weighted by Gasteiger charge is -2.34. The predicted octanol–water partition coefficient (Wildman–Crippen LogP) is 4.76. The van der Waals surface area contributed by atoms with Crippen LogP contribution < -0.4 is 9.62 Å². The maximum Gasteiger partial charge on any atom is 0.427 e. The van der Waals surface area contributed by atoms with Crippen LogP contribution in [0.15, 0.2) is 46.1 Å². The summed E-state index contributed by atoms with van der Waals surface area (Å²) in [4.78, 5) is 16.3. The van der Waals surface area contributed by atoms with Crippen LogP contribution in [0.2, 0.25) is 5.02 Å². The second-order valence-corrected chi connectivity index (χ2v) is 10.9. The first kappa shape index (κ1) is 26.2. The van der Waals surface area contributed by atoms with Gasteiger partial charge >= 0.3 is 6.09 Å². The summed E-state index contributed by atoms with van der Waals surface area (Å²) in [5.74, 6) is -2.16. The van der Waals surface area contributed by atoms with Crippen molar-refractivity contribution in [2.24, 2.45) is 0 Å². The summed E-state index contributed by atoms with van der Waals surface area (Å²) in [6.45, 7) is 1.33. The summed E-state index contributed by atoms with van der Waals surface area (Å²) in [5.41, 5.74) is 2.33. The number of carboxylic acid groups (broad SMARTS) is 1. The first-order valence-electron chi connectivity index (χ1n) is 10.6. The second kappa shape index (κ2) is 10.6. The number of rotatable bonds is 9. The lowest BCUT2D eigenvalue weighted by atomic mass is 10.1. The number of aromatic nitrogens is 1. The molecule has 0 unspecified atom stereocenters. The highest BCUT2D eigenvalue weighted by Gasteiger charge is 2.35. The molecule has 3 aromatic rings. The van der Waals surface area contributed by atoms with Gasteiger partial charge in [-0.3, -0.25) is 4.90 Å². The number of hydrogen-bond acceptors (Lipinski definition) is 7. The third-order valence-corrected chi connectivity index (χ3v) is 8.13.